The van der Waals surface area contributed by atoms with Crippen molar-refractivity contribution in [3.8, 4) is 17.1 Å². The molecule has 1 fully saturated rings. The number of aromatic nitrogens is 2. The number of halogens is 1. The molecule has 1 saturated heterocycles. The Labute approximate surface area is 332 Å². The molecule has 6 heterocycles. The number of pyridine rings is 2. The minimum atomic E-state index is -1.93. The fourth-order valence-corrected chi connectivity index (χ4v) is 9.02. The van der Waals surface area contributed by atoms with E-state index in [0.29, 0.717) is 42.3 Å². The van der Waals surface area contributed by atoms with Crippen molar-refractivity contribution in [3.63, 3.8) is 0 Å². The molecule has 0 aliphatic carbocycles. The average molecular weight is 783 g/mol. The highest BCUT2D eigenvalue weighted by atomic mass is 19.1. The molecule has 0 radical (unpaired) electrons. The third-order valence-corrected chi connectivity index (χ3v) is 12.4. The molecule has 4 aliphatic heterocycles. The van der Waals surface area contributed by atoms with Gasteiger partial charge in [0.25, 0.3) is 5.56 Å². The summed E-state index contributed by atoms with van der Waals surface area (Å²) in [5.41, 5.74) is 4.19. The molecule has 0 unspecified atom stereocenters. The number of nitrogens with zero attached hydrogens (tertiary/aromatic N) is 5. The minimum absolute atomic E-state index is 0.0496. The van der Waals surface area contributed by atoms with Crippen LogP contribution in [0.5, 0.6) is 5.75 Å². The van der Waals surface area contributed by atoms with Gasteiger partial charge in [0, 0.05) is 66.1 Å². The zero-order valence-corrected chi connectivity index (χ0v) is 33.7. The van der Waals surface area contributed by atoms with Crippen LogP contribution in [-0.2, 0) is 39.6 Å². The van der Waals surface area contributed by atoms with E-state index in [0.717, 1.165) is 66.0 Å². The summed E-state index contributed by atoms with van der Waals surface area (Å²) >= 11 is 0. The molecule has 57 heavy (non-hydrogen) atoms. The number of carbonyl (C=O) groups is 2. The summed E-state index contributed by atoms with van der Waals surface area (Å²) in [4.78, 5) is 48.7. The lowest BCUT2D eigenvalue weighted by molar-refractivity contribution is -0.926. The molecular formula is C43H53FN7O6+. The molecule has 1 amide bonds. The highest BCUT2D eigenvalue weighted by Crippen LogP contribution is 2.46. The average Bonchev–Trinajstić information content (AvgIpc) is 3.56. The molecule has 4 aromatic rings. The van der Waals surface area contributed by atoms with Crippen LogP contribution in [0.4, 0.5) is 15.8 Å². The second-order valence-corrected chi connectivity index (χ2v) is 16.7. The van der Waals surface area contributed by atoms with Crippen molar-refractivity contribution in [1.82, 2.24) is 19.8 Å². The second-order valence-electron chi connectivity index (χ2n) is 16.7. The van der Waals surface area contributed by atoms with E-state index in [9.17, 15) is 19.5 Å². The van der Waals surface area contributed by atoms with E-state index in [-0.39, 0.29) is 60.0 Å². The molecule has 3 N–H and O–H groups in total. The number of ether oxygens (including phenoxy) is 2. The summed E-state index contributed by atoms with van der Waals surface area (Å²) < 4.78 is 29.6. The molecule has 0 saturated carbocycles. The van der Waals surface area contributed by atoms with Crippen LogP contribution >= 0.6 is 0 Å². The molecule has 2 aromatic heterocycles. The number of esters is 1. The van der Waals surface area contributed by atoms with Gasteiger partial charge in [-0.3, -0.25) is 14.5 Å². The predicted molar refractivity (Wildman–Crippen MR) is 216 cm³/mol. The van der Waals surface area contributed by atoms with E-state index >= 15 is 4.39 Å². The third kappa shape index (κ3) is 6.96. The van der Waals surface area contributed by atoms with Crippen LogP contribution < -0.4 is 25.8 Å². The number of rotatable bonds is 10. The Kier molecular flexibility index (Phi) is 10.1. The number of piperazine rings is 1. The number of aliphatic hydroxyl groups is 1. The maximum absolute atomic E-state index is 15.9. The lowest BCUT2D eigenvalue weighted by Gasteiger charge is -2.43. The number of benzene rings is 2. The van der Waals surface area contributed by atoms with Crippen LogP contribution in [0.25, 0.3) is 22.3 Å². The van der Waals surface area contributed by atoms with Gasteiger partial charge in [-0.25, -0.2) is 14.2 Å². The molecule has 13 nitrogen and oxygen atoms in total. The number of anilines is 2. The molecule has 2 aromatic carbocycles. The number of fused-ring (bicyclic) bond motifs is 7. The summed E-state index contributed by atoms with van der Waals surface area (Å²) in [5, 5.41) is 18.3. The van der Waals surface area contributed by atoms with Crippen LogP contribution in [0.15, 0.2) is 41.2 Å². The zero-order valence-electron chi connectivity index (χ0n) is 33.7. The molecule has 8 rings (SSSR count). The van der Waals surface area contributed by atoms with E-state index in [4.69, 9.17) is 14.5 Å². The van der Waals surface area contributed by atoms with Gasteiger partial charge in [0.05, 0.1) is 67.4 Å². The van der Waals surface area contributed by atoms with Crippen molar-refractivity contribution in [2.45, 2.75) is 78.4 Å². The van der Waals surface area contributed by atoms with Crippen LogP contribution in [0.1, 0.15) is 61.9 Å². The number of aryl methyl sites for hydroxylation is 1. The summed E-state index contributed by atoms with van der Waals surface area (Å²) in [6, 6.07) is 11.2. The summed E-state index contributed by atoms with van der Waals surface area (Å²) in [7, 11) is 2.30. The standard InChI is InChI=1S/C43H52FN7O6/c1-7-43(55)32-20-35-37-30(22-50(35)41(53)31(32)24-57-42(43)54)26(4)36-34(47-37)21-33(44)39-38(36)49(16-19-56-39)13-12-48-14-17-51(6,18-15-48)23-28-8-10-29(11-9-28)46-40(52)27(5)45-25(2)3/h8-11,20-21,25,27,45,55H,7,12-19,22-24H2,1-6H3/p+1/t27-,43-/m0/s1. The molecule has 2 atom stereocenters. The van der Waals surface area contributed by atoms with Gasteiger partial charge in [-0.05, 0) is 44.0 Å². The smallest absolute Gasteiger partial charge is 0.343 e. The van der Waals surface area contributed by atoms with Crippen LogP contribution in [0, 0.1) is 12.7 Å². The number of nitrogens with one attached hydrogen (secondary N) is 2. The second kappa shape index (κ2) is 14.8. The SMILES string of the molecule is CC[C@@]1(O)C(=O)OCc2c1cc1n(c2=O)Cc2c-1nc1cc(F)c3c(c1c2C)N(CCN1CC[N+](C)(Cc2ccc(NC(=O)[C@H](C)NC(C)C)cc2)CC1)CCO3. The van der Waals surface area contributed by atoms with Crippen molar-refractivity contribution in [2.24, 2.45) is 0 Å². The fourth-order valence-electron chi connectivity index (χ4n) is 9.02. The van der Waals surface area contributed by atoms with Crippen molar-refractivity contribution < 1.29 is 33.0 Å². The van der Waals surface area contributed by atoms with Crippen LogP contribution in [0.2, 0.25) is 0 Å². The van der Waals surface area contributed by atoms with Gasteiger partial charge < -0.3 is 39.2 Å². The number of carbonyl (C=O) groups excluding carboxylic acids is 2. The Hall–Kier alpha value is -4.89. The van der Waals surface area contributed by atoms with Crippen molar-refractivity contribution in [1.29, 1.82) is 0 Å². The Bertz CT molecular complexity index is 2320. The first-order valence-electron chi connectivity index (χ1n) is 20.1. The number of cyclic esters (lactones) is 1. The number of hydrogen-bond donors (Lipinski definition) is 3. The first-order chi connectivity index (χ1) is 27.2. The highest BCUT2D eigenvalue weighted by molar-refractivity contribution is 6.01. The topological polar surface area (TPSA) is 138 Å². The van der Waals surface area contributed by atoms with Crippen LogP contribution in [-0.4, -0.2) is 107 Å². The lowest BCUT2D eigenvalue weighted by atomic mass is 9.86. The van der Waals surface area contributed by atoms with E-state index in [1.807, 2.05) is 39.8 Å². The van der Waals surface area contributed by atoms with Gasteiger partial charge in [-0.2, -0.15) is 0 Å². The van der Waals surface area contributed by atoms with Gasteiger partial charge in [0.2, 0.25) is 5.91 Å². The zero-order chi connectivity index (χ0) is 40.4. The summed E-state index contributed by atoms with van der Waals surface area (Å²) in [5.74, 6) is -1.09. The minimum Gasteiger partial charge on any atom is -0.486 e. The number of amides is 1. The van der Waals surface area contributed by atoms with E-state index < -0.39 is 17.4 Å². The molecule has 14 heteroatoms. The van der Waals surface area contributed by atoms with Gasteiger partial charge in [0.1, 0.15) is 19.8 Å². The van der Waals surface area contributed by atoms with Gasteiger partial charge in [-0.1, -0.05) is 32.9 Å². The largest absolute Gasteiger partial charge is 0.486 e. The van der Waals surface area contributed by atoms with Crippen LogP contribution in [0.3, 0.4) is 0 Å². The molecular weight excluding hydrogens is 730 g/mol. The maximum Gasteiger partial charge on any atom is 0.343 e. The third-order valence-electron chi connectivity index (χ3n) is 12.4. The Morgan fingerprint density at radius 3 is 2.49 bits per heavy atom. The highest BCUT2D eigenvalue weighted by Gasteiger charge is 2.45. The number of likely N-dealkylation sites (N-methyl/N-ethyl adjacent to an activating group) is 1. The quantitative estimate of drug-likeness (QED) is 0.141. The van der Waals surface area contributed by atoms with Gasteiger partial charge in [0.15, 0.2) is 17.2 Å². The van der Waals surface area contributed by atoms with E-state index in [1.165, 1.54) is 11.6 Å². The summed E-state index contributed by atoms with van der Waals surface area (Å²) in [6.45, 7) is 16.8. The Morgan fingerprint density at radius 2 is 1.79 bits per heavy atom. The van der Waals surface area contributed by atoms with E-state index in [1.54, 1.807) is 17.6 Å². The van der Waals surface area contributed by atoms with Crippen molar-refractivity contribution in [2.75, 3.05) is 69.7 Å². The van der Waals surface area contributed by atoms with Crippen molar-refractivity contribution in [3.05, 3.63) is 80.4 Å². The predicted octanol–water partition coefficient (Wildman–Crippen LogP) is 4.01. The Morgan fingerprint density at radius 1 is 1.05 bits per heavy atom. The van der Waals surface area contributed by atoms with Gasteiger partial charge in [-0.15, -0.1) is 0 Å². The van der Waals surface area contributed by atoms with Crippen molar-refractivity contribution >= 4 is 34.2 Å². The first kappa shape index (κ1) is 39.0. The summed E-state index contributed by atoms with van der Waals surface area (Å²) in [6.07, 6.45) is 0.0517. The molecule has 4 aliphatic rings. The molecule has 0 spiro atoms. The number of quaternary nitrogens is 1. The fraction of sp³-hybridized carbons (Fsp3) is 0.488. The molecule has 0 bridgehead atoms. The lowest BCUT2D eigenvalue weighted by Crippen LogP contribution is -2.57. The number of hydrogen-bond acceptors (Lipinski definition) is 10. The van der Waals surface area contributed by atoms with E-state index in [2.05, 4.69) is 39.6 Å². The maximum atomic E-state index is 15.9. The van der Waals surface area contributed by atoms with Gasteiger partial charge >= 0.3 is 5.97 Å². The monoisotopic (exact) mass is 782 g/mol. The molecule has 302 valence electrons. The normalized spacial score (nSPS) is 20.4. The Balaban J connectivity index is 0.973. The first-order valence-corrected chi connectivity index (χ1v) is 20.1.